The molecular weight excluding hydrogens is 312 g/mol. The summed E-state index contributed by atoms with van der Waals surface area (Å²) < 4.78 is 1.15. The van der Waals surface area contributed by atoms with Crippen molar-refractivity contribution >= 4 is 21.6 Å². The van der Waals surface area contributed by atoms with Gasteiger partial charge in [-0.2, -0.15) is 0 Å². The van der Waals surface area contributed by atoms with Gasteiger partial charge in [-0.25, -0.2) is 0 Å². The molecule has 0 spiro atoms. The van der Waals surface area contributed by atoms with Crippen LogP contribution in [-0.2, 0) is 0 Å². The van der Waals surface area contributed by atoms with Crippen molar-refractivity contribution in [2.75, 3.05) is 18.0 Å². The first kappa shape index (κ1) is 15.6. The summed E-state index contributed by atoms with van der Waals surface area (Å²) in [7, 11) is 0. The van der Waals surface area contributed by atoms with E-state index in [4.69, 9.17) is 0 Å². The Morgan fingerprint density at radius 2 is 2.25 bits per heavy atom. The van der Waals surface area contributed by atoms with E-state index in [0.29, 0.717) is 12.1 Å². The summed E-state index contributed by atoms with van der Waals surface area (Å²) >= 11 is 3.61. The Labute approximate surface area is 131 Å². The second-order valence-corrected chi connectivity index (χ2v) is 6.47. The van der Waals surface area contributed by atoms with Crippen LogP contribution < -0.4 is 10.2 Å². The number of nitrogens with one attached hydrogen (secondary N) is 1. The average molecular weight is 337 g/mol. The average Bonchev–Trinajstić information content (AvgIpc) is 3.26. The van der Waals surface area contributed by atoms with E-state index < -0.39 is 0 Å². The Morgan fingerprint density at radius 1 is 1.50 bits per heavy atom. The lowest BCUT2D eigenvalue weighted by atomic mass is 10.0. The van der Waals surface area contributed by atoms with Crippen LogP contribution in [0.5, 0.6) is 0 Å². The molecule has 0 saturated heterocycles. The molecule has 20 heavy (non-hydrogen) atoms. The summed E-state index contributed by atoms with van der Waals surface area (Å²) in [5, 5.41) is 3.60. The van der Waals surface area contributed by atoms with E-state index in [-0.39, 0.29) is 0 Å². The van der Waals surface area contributed by atoms with E-state index in [1.165, 1.54) is 24.1 Å². The van der Waals surface area contributed by atoms with Crippen LogP contribution in [0.4, 0.5) is 5.69 Å². The fraction of sp³-hybridized carbons (Fsp3) is 0.529. The molecule has 1 fully saturated rings. The van der Waals surface area contributed by atoms with E-state index >= 15 is 0 Å². The molecule has 1 unspecified atom stereocenters. The van der Waals surface area contributed by atoms with Crippen LogP contribution >= 0.6 is 15.9 Å². The Kier molecular flexibility index (Phi) is 5.67. The fourth-order valence-electron chi connectivity index (χ4n) is 2.57. The largest absolute Gasteiger partial charge is 0.365 e. The molecule has 0 aliphatic heterocycles. The van der Waals surface area contributed by atoms with Gasteiger partial charge in [0.2, 0.25) is 0 Å². The highest BCUT2D eigenvalue weighted by Crippen LogP contribution is 2.37. The third kappa shape index (κ3) is 3.86. The highest BCUT2D eigenvalue weighted by Gasteiger charge is 2.30. The van der Waals surface area contributed by atoms with E-state index in [1.54, 1.807) is 0 Å². The van der Waals surface area contributed by atoms with Crippen LogP contribution in [0.3, 0.4) is 0 Å². The first-order valence-electron chi connectivity index (χ1n) is 7.57. The molecule has 1 aromatic carbocycles. The molecule has 0 amide bonds. The number of anilines is 1. The van der Waals surface area contributed by atoms with Crippen LogP contribution in [0.2, 0.25) is 0 Å². The van der Waals surface area contributed by atoms with E-state index in [2.05, 4.69) is 64.8 Å². The molecule has 0 heterocycles. The second-order valence-electron chi connectivity index (χ2n) is 5.55. The smallest absolute Gasteiger partial charge is 0.0431 e. The predicted molar refractivity (Wildman–Crippen MR) is 91.4 cm³/mol. The lowest BCUT2D eigenvalue weighted by molar-refractivity contribution is 0.569. The molecule has 1 N–H and O–H groups in total. The Bertz CT molecular complexity index is 454. The Hall–Kier alpha value is -0.800. The van der Waals surface area contributed by atoms with Gasteiger partial charge in [-0.05, 0) is 50.4 Å². The molecule has 1 aliphatic carbocycles. The molecule has 3 heteroatoms. The quantitative estimate of drug-likeness (QED) is 0.694. The summed E-state index contributed by atoms with van der Waals surface area (Å²) in [6, 6.07) is 7.71. The monoisotopic (exact) mass is 336 g/mol. The number of rotatable bonds is 8. The van der Waals surface area contributed by atoms with Gasteiger partial charge in [0.1, 0.15) is 0 Å². The summed E-state index contributed by atoms with van der Waals surface area (Å²) in [5.74, 6) is 0. The molecule has 1 aromatic rings. The van der Waals surface area contributed by atoms with Gasteiger partial charge in [0.15, 0.2) is 0 Å². The lowest BCUT2D eigenvalue weighted by Gasteiger charge is -2.28. The number of halogens is 1. The van der Waals surface area contributed by atoms with E-state index in [9.17, 15) is 0 Å². The van der Waals surface area contributed by atoms with Crippen LogP contribution in [0.1, 0.15) is 44.7 Å². The molecular formula is C17H25BrN2. The van der Waals surface area contributed by atoms with E-state index in [1.807, 2.05) is 6.08 Å². The van der Waals surface area contributed by atoms with Crippen LogP contribution in [0, 0.1) is 0 Å². The number of nitrogens with zero attached hydrogens (tertiary/aromatic N) is 1. The predicted octanol–water partition coefficient (Wildman–Crippen LogP) is 4.66. The van der Waals surface area contributed by atoms with Crippen molar-refractivity contribution in [3.8, 4) is 0 Å². The summed E-state index contributed by atoms with van der Waals surface area (Å²) in [6.45, 7) is 10.4. The first-order chi connectivity index (χ1) is 9.67. The number of hydrogen-bond donors (Lipinski definition) is 1. The molecule has 1 saturated carbocycles. The Balaban J connectivity index is 2.28. The zero-order valence-corrected chi connectivity index (χ0v) is 14.1. The second kappa shape index (κ2) is 7.28. The van der Waals surface area contributed by atoms with Crippen molar-refractivity contribution in [1.82, 2.24) is 5.32 Å². The molecule has 1 atom stereocenters. The van der Waals surface area contributed by atoms with Gasteiger partial charge in [0, 0.05) is 28.8 Å². The fourth-order valence-corrected chi connectivity index (χ4v) is 2.92. The minimum Gasteiger partial charge on any atom is -0.365 e. The first-order valence-corrected chi connectivity index (χ1v) is 8.37. The van der Waals surface area contributed by atoms with Crippen LogP contribution in [-0.4, -0.2) is 19.1 Å². The van der Waals surface area contributed by atoms with Gasteiger partial charge in [-0.3, -0.25) is 0 Å². The van der Waals surface area contributed by atoms with Crippen LogP contribution in [0.25, 0.3) is 0 Å². The molecule has 0 bridgehead atoms. The highest BCUT2D eigenvalue weighted by atomic mass is 79.9. The van der Waals surface area contributed by atoms with Crippen molar-refractivity contribution in [1.29, 1.82) is 0 Å². The van der Waals surface area contributed by atoms with E-state index in [0.717, 1.165) is 24.0 Å². The minimum absolute atomic E-state index is 0.379. The van der Waals surface area contributed by atoms with Gasteiger partial charge in [-0.15, -0.1) is 6.58 Å². The summed E-state index contributed by atoms with van der Waals surface area (Å²) in [4.78, 5) is 2.50. The third-order valence-corrected chi connectivity index (χ3v) is 4.28. The number of benzene rings is 1. The van der Waals surface area contributed by atoms with Gasteiger partial charge in [-0.1, -0.05) is 35.0 Å². The van der Waals surface area contributed by atoms with Gasteiger partial charge >= 0.3 is 0 Å². The van der Waals surface area contributed by atoms with Gasteiger partial charge in [0.05, 0.1) is 0 Å². The minimum atomic E-state index is 0.379. The van der Waals surface area contributed by atoms with Crippen LogP contribution in [0.15, 0.2) is 35.3 Å². The van der Waals surface area contributed by atoms with Crippen molar-refractivity contribution in [2.24, 2.45) is 0 Å². The lowest BCUT2D eigenvalue weighted by Crippen LogP contribution is -2.29. The zero-order chi connectivity index (χ0) is 14.5. The molecule has 0 aromatic heterocycles. The topological polar surface area (TPSA) is 15.3 Å². The summed E-state index contributed by atoms with van der Waals surface area (Å²) in [6.07, 6.45) is 5.77. The zero-order valence-electron chi connectivity index (χ0n) is 12.5. The van der Waals surface area contributed by atoms with Crippen molar-refractivity contribution in [2.45, 2.75) is 45.2 Å². The number of hydrogen-bond acceptors (Lipinski definition) is 2. The third-order valence-electron chi connectivity index (χ3n) is 3.78. The van der Waals surface area contributed by atoms with Crippen molar-refractivity contribution < 1.29 is 0 Å². The molecule has 0 radical (unpaired) electrons. The maximum absolute atomic E-state index is 3.91. The highest BCUT2D eigenvalue weighted by molar-refractivity contribution is 9.10. The molecule has 2 rings (SSSR count). The maximum atomic E-state index is 3.91. The SMILES string of the molecule is C=CCN(c1cc(Br)ccc1C(C)NCCC)C1CC1. The standard InChI is InChI=1S/C17H25BrN2/c1-4-10-19-13(3)16-9-6-14(18)12-17(16)20(11-5-2)15-7-8-15/h5-6,9,12-13,15,19H,2,4,7-8,10-11H2,1,3H3. The summed E-state index contributed by atoms with van der Waals surface area (Å²) in [5.41, 5.74) is 2.73. The molecule has 2 nitrogen and oxygen atoms in total. The maximum Gasteiger partial charge on any atom is 0.0431 e. The van der Waals surface area contributed by atoms with Gasteiger partial charge < -0.3 is 10.2 Å². The molecule has 1 aliphatic rings. The molecule has 110 valence electrons. The van der Waals surface area contributed by atoms with Crippen molar-refractivity contribution in [3.05, 3.63) is 40.9 Å². The normalized spacial score (nSPS) is 15.9. The van der Waals surface area contributed by atoms with Crippen molar-refractivity contribution in [3.63, 3.8) is 0 Å². The Morgan fingerprint density at radius 3 is 2.85 bits per heavy atom. The van der Waals surface area contributed by atoms with Gasteiger partial charge in [0.25, 0.3) is 0 Å².